The lowest BCUT2D eigenvalue weighted by Gasteiger charge is -2.32. The van der Waals surface area contributed by atoms with Gasteiger partial charge in [0.1, 0.15) is 11.7 Å². The van der Waals surface area contributed by atoms with Crippen LogP contribution in [0.5, 0.6) is 0 Å². The van der Waals surface area contributed by atoms with Gasteiger partial charge in [-0.1, -0.05) is 30.7 Å². The minimum absolute atomic E-state index is 0.227. The number of aryl methyl sites for hydroxylation is 1. The van der Waals surface area contributed by atoms with Crippen molar-refractivity contribution in [2.45, 2.75) is 13.8 Å². The van der Waals surface area contributed by atoms with Crippen LogP contribution in [-0.4, -0.2) is 27.8 Å². The second-order valence-corrected chi connectivity index (χ2v) is 7.81. The predicted molar refractivity (Wildman–Crippen MR) is 114 cm³/mol. The van der Waals surface area contributed by atoms with E-state index >= 15 is 0 Å². The molecular weight excluding hydrogens is 402 g/mol. The largest absolute Gasteiger partial charge is 0.455 e. The van der Waals surface area contributed by atoms with Crippen molar-refractivity contribution >= 4 is 40.6 Å². The molecule has 2 unspecified atom stereocenters. The van der Waals surface area contributed by atoms with Crippen molar-refractivity contribution in [1.82, 2.24) is 9.47 Å². The number of hydrogen-bond acceptors (Lipinski definition) is 4. The Kier molecular flexibility index (Phi) is 5.00. The Morgan fingerprint density at radius 3 is 2.53 bits per heavy atom. The van der Waals surface area contributed by atoms with Crippen LogP contribution in [0.2, 0.25) is 5.02 Å². The summed E-state index contributed by atoms with van der Waals surface area (Å²) < 4.78 is 7.99. The van der Waals surface area contributed by atoms with Gasteiger partial charge in [-0.25, -0.2) is 0 Å². The molecule has 0 aliphatic carbocycles. The second kappa shape index (κ2) is 7.51. The summed E-state index contributed by atoms with van der Waals surface area (Å²) in [6.45, 7) is 3.67. The average Bonchev–Trinajstić information content (AvgIpc) is 3.25. The lowest BCUT2D eigenvalue weighted by molar-refractivity contribution is -0.147. The van der Waals surface area contributed by atoms with Gasteiger partial charge >= 0.3 is 0 Å². The zero-order chi connectivity index (χ0) is 21.6. The molecule has 4 rings (SSSR count). The number of likely N-dealkylation sites (N-methyl/N-ethyl adjacent to an activating group) is 1. The highest BCUT2D eigenvalue weighted by molar-refractivity contribution is 6.30. The number of imide groups is 1. The molecule has 0 saturated carbocycles. The van der Waals surface area contributed by atoms with E-state index in [1.807, 2.05) is 54.1 Å². The van der Waals surface area contributed by atoms with Gasteiger partial charge in [-0.2, -0.15) is 5.26 Å². The summed E-state index contributed by atoms with van der Waals surface area (Å²) in [4.78, 5) is 26.3. The number of carbonyl (C=O) groups excluding carboxylic acids is 2. The predicted octanol–water partition coefficient (Wildman–Crippen LogP) is 4.64. The highest BCUT2D eigenvalue weighted by Crippen LogP contribution is 2.34. The third kappa shape index (κ3) is 3.12. The molecule has 2 amide bonds. The van der Waals surface area contributed by atoms with E-state index in [4.69, 9.17) is 16.0 Å². The first kappa shape index (κ1) is 20.0. The highest BCUT2D eigenvalue weighted by Gasteiger charge is 2.42. The Hall–Kier alpha value is -3.30. The van der Waals surface area contributed by atoms with Crippen molar-refractivity contribution in [1.29, 1.82) is 5.26 Å². The topological polar surface area (TPSA) is 79.2 Å². The normalized spacial score (nSPS) is 20.9. The van der Waals surface area contributed by atoms with Crippen molar-refractivity contribution in [2.75, 3.05) is 6.54 Å². The summed E-state index contributed by atoms with van der Waals surface area (Å²) in [6, 6.07) is 13.4. The van der Waals surface area contributed by atoms with Gasteiger partial charge in [0.25, 0.3) is 5.91 Å². The molecule has 7 heteroatoms. The minimum Gasteiger partial charge on any atom is -0.455 e. The van der Waals surface area contributed by atoms with Gasteiger partial charge in [0.15, 0.2) is 5.58 Å². The maximum absolute atomic E-state index is 12.8. The van der Waals surface area contributed by atoms with Gasteiger partial charge in [0.2, 0.25) is 5.91 Å². The Bertz CT molecular complexity index is 1230. The quantitative estimate of drug-likeness (QED) is 0.455. The van der Waals surface area contributed by atoms with Gasteiger partial charge in [0.05, 0.1) is 17.3 Å². The average molecular weight is 422 g/mol. The number of piperidine rings is 1. The summed E-state index contributed by atoms with van der Waals surface area (Å²) in [6.07, 6.45) is 1.65. The number of hydrogen-bond donors (Lipinski definition) is 0. The van der Waals surface area contributed by atoms with Crippen LogP contribution in [0, 0.1) is 23.2 Å². The van der Waals surface area contributed by atoms with Gasteiger partial charge in [0, 0.05) is 42.2 Å². The minimum atomic E-state index is -0.880. The molecule has 1 fully saturated rings. The van der Waals surface area contributed by atoms with Crippen molar-refractivity contribution in [3.8, 4) is 17.3 Å². The number of amides is 2. The van der Waals surface area contributed by atoms with Crippen LogP contribution in [0.15, 0.2) is 46.4 Å². The molecule has 6 nitrogen and oxygen atoms in total. The number of furan rings is 1. The summed E-state index contributed by atoms with van der Waals surface area (Å²) in [5.41, 5.74) is 3.96. The standard InChI is InChI=1S/C23H20ClN3O3/c1-4-27-22(28)17(13(2)18(12-25)23(27)29)9-16-10-20-21(30-16)11-19(26(20)3)14-5-7-15(24)8-6-14/h5-11,13,18H,4H2,1-3H3/b17-9-. The molecule has 1 aliphatic heterocycles. The summed E-state index contributed by atoms with van der Waals surface area (Å²) in [5, 5.41) is 10.1. The van der Waals surface area contributed by atoms with Crippen LogP contribution in [-0.2, 0) is 16.6 Å². The van der Waals surface area contributed by atoms with Crippen molar-refractivity contribution in [3.63, 3.8) is 0 Å². The molecule has 1 saturated heterocycles. The van der Waals surface area contributed by atoms with Crippen LogP contribution >= 0.6 is 11.6 Å². The fourth-order valence-electron chi connectivity index (χ4n) is 3.92. The number of likely N-dealkylation sites (tertiary alicyclic amines) is 1. The molecule has 0 radical (unpaired) electrons. The summed E-state index contributed by atoms with van der Waals surface area (Å²) >= 11 is 5.98. The van der Waals surface area contributed by atoms with Crippen LogP contribution < -0.4 is 0 Å². The molecule has 1 aliphatic rings. The molecule has 2 aromatic heterocycles. The number of aromatic nitrogens is 1. The van der Waals surface area contributed by atoms with E-state index in [1.54, 1.807) is 19.9 Å². The van der Waals surface area contributed by atoms with Crippen molar-refractivity contribution < 1.29 is 14.0 Å². The molecule has 3 heterocycles. The first-order valence-corrected chi connectivity index (χ1v) is 10.1. The van der Waals surface area contributed by atoms with E-state index in [0.29, 0.717) is 21.9 Å². The third-order valence-electron chi connectivity index (χ3n) is 5.66. The maximum atomic E-state index is 12.8. The van der Waals surface area contributed by atoms with Crippen LogP contribution in [0.3, 0.4) is 0 Å². The smallest absolute Gasteiger partial charge is 0.256 e. The molecule has 0 spiro atoms. The number of halogens is 1. The fraction of sp³-hybridized carbons (Fsp3) is 0.261. The van der Waals surface area contributed by atoms with Gasteiger partial charge in [-0.15, -0.1) is 0 Å². The molecular formula is C23H20ClN3O3. The first-order chi connectivity index (χ1) is 14.3. The van der Waals surface area contributed by atoms with Crippen molar-refractivity contribution in [2.24, 2.45) is 18.9 Å². The number of benzene rings is 1. The molecule has 152 valence electrons. The monoisotopic (exact) mass is 421 g/mol. The lowest BCUT2D eigenvalue weighted by Crippen LogP contribution is -2.49. The van der Waals surface area contributed by atoms with E-state index in [1.165, 1.54) is 0 Å². The molecule has 0 N–H and O–H groups in total. The zero-order valence-electron chi connectivity index (χ0n) is 16.8. The van der Waals surface area contributed by atoms with Crippen molar-refractivity contribution in [3.05, 3.63) is 52.8 Å². The third-order valence-corrected chi connectivity index (χ3v) is 5.91. The van der Waals surface area contributed by atoms with Crippen LogP contribution in [0.4, 0.5) is 0 Å². The summed E-state index contributed by atoms with van der Waals surface area (Å²) in [5.74, 6) is -1.68. The second-order valence-electron chi connectivity index (χ2n) is 7.38. The van der Waals surface area contributed by atoms with E-state index in [9.17, 15) is 14.9 Å². The Morgan fingerprint density at radius 2 is 1.93 bits per heavy atom. The first-order valence-electron chi connectivity index (χ1n) is 9.67. The zero-order valence-corrected chi connectivity index (χ0v) is 17.6. The SMILES string of the molecule is CCN1C(=O)/C(=C\c2cc3c(cc(-c4ccc(Cl)cc4)n3C)o2)C(C)C(C#N)C1=O. The van der Waals surface area contributed by atoms with Crippen LogP contribution in [0.25, 0.3) is 28.4 Å². The van der Waals surface area contributed by atoms with Gasteiger partial charge in [-0.3, -0.25) is 14.5 Å². The van der Waals surface area contributed by atoms with Gasteiger partial charge < -0.3 is 8.98 Å². The van der Waals surface area contributed by atoms with E-state index in [2.05, 4.69) is 0 Å². The van der Waals surface area contributed by atoms with E-state index < -0.39 is 17.7 Å². The number of fused-ring (bicyclic) bond motifs is 1. The number of rotatable bonds is 3. The van der Waals surface area contributed by atoms with Crippen LogP contribution in [0.1, 0.15) is 19.6 Å². The van der Waals surface area contributed by atoms with Gasteiger partial charge in [-0.05, 0) is 30.7 Å². The molecule has 0 bridgehead atoms. The molecule has 1 aromatic carbocycles. The van der Waals surface area contributed by atoms with E-state index in [-0.39, 0.29) is 12.5 Å². The Morgan fingerprint density at radius 1 is 1.23 bits per heavy atom. The Labute approximate surface area is 178 Å². The summed E-state index contributed by atoms with van der Waals surface area (Å²) in [7, 11) is 1.94. The lowest BCUT2D eigenvalue weighted by atomic mass is 9.82. The number of nitriles is 1. The molecule has 2 atom stereocenters. The highest BCUT2D eigenvalue weighted by atomic mass is 35.5. The maximum Gasteiger partial charge on any atom is 0.256 e. The Balaban J connectivity index is 1.74. The number of carbonyl (C=O) groups is 2. The van der Waals surface area contributed by atoms with E-state index in [0.717, 1.165) is 21.7 Å². The fourth-order valence-corrected chi connectivity index (χ4v) is 4.05. The molecule has 3 aromatic rings. The molecule has 30 heavy (non-hydrogen) atoms. The number of nitrogens with zero attached hydrogens (tertiary/aromatic N) is 3.